The van der Waals surface area contributed by atoms with E-state index >= 15 is 0 Å². The van der Waals surface area contributed by atoms with Gasteiger partial charge in [-0.2, -0.15) is 0 Å². The molecule has 2 heterocycles. The van der Waals surface area contributed by atoms with Crippen molar-refractivity contribution in [1.82, 2.24) is 19.5 Å². The van der Waals surface area contributed by atoms with Crippen LogP contribution in [-0.4, -0.2) is 24.6 Å². The van der Waals surface area contributed by atoms with Crippen molar-refractivity contribution >= 4 is 22.1 Å². The number of hydrogen-bond donors (Lipinski definition) is 2. The summed E-state index contributed by atoms with van der Waals surface area (Å²) in [5.41, 5.74) is 5.08. The fraction of sp³-hybridized carbons (Fsp3) is 0.0476. The number of rotatable bonds is 2. The maximum Gasteiger partial charge on any atom is 0.144 e. The molecule has 0 aliphatic heterocycles. The molecule has 5 heteroatoms. The van der Waals surface area contributed by atoms with Crippen molar-refractivity contribution in [3.8, 4) is 28.5 Å². The Labute approximate surface area is 149 Å². The minimum atomic E-state index is 0.171. The summed E-state index contributed by atoms with van der Waals surface area (Å²) in [5.74, 6) is 1.54. The molecule has 2 N–H and O–H groups in total. The second-order valence-corrected chi connectivity index (χ2v) is 6.29. The first-order chi connectivity index (χ1) is 12.7. The SMILES string of the molecule is Cn1c(-c2cccc(-c3nc4ccccc4[nH]3)c2O)nc2ccccc21. The number of H-pyrrole nitrogens is 1. The summed E-state index contributed by atoms with van der Waals surface area (Å²) < 4.78 is 1.99. The van der Waals surface area contributed by atoms with Crippen molar-refractivity contribution in [2.24, 2.45) is 7.05 Å². The minimum Gasteiger partial charge on any atom is -0.506 e. The number of aromatic amines is 1. The summed E-state index contributed by atoms with van der Waals surface area (Å²) in [6, 6.07) is 21.4. The van der Waals surface area contributed by atoms with Crippen LogP contribution < -0.4 is 0 Å². The van der Waals surface area contributed by atoms with Gasteiger partial charge in [0, 0.05) is 7.05 Å². The zero-order valence-corrected chi connectivity index (χ0v) is 14.1. The molecule has 0 aliphatic rings. The highest BCUT2D eigenvalue weighted by molar-refractivity contribution is 5.86. The van der Waals surface area contributed by atoms with Crippen molar-refractivity contribution in [3.05, 3.63) is 66.7 Å². The molecule has 0 saturated carbocycles. The van der Waals surface area contributed by atoms with Crippen molar-refractivity contribution in [2.75, 3.05) is 0 Å². The zero-order valence-electron chi connectivity index (χ0n) is 14.1. The van der Waals surface area contributed by atoms with Crippen LogP contribution in [0.1, 0.15) is 0 Å². The molecule has 0 aliphatic carbocycles. The molecule has 126 valence electrons. The van der Waals surface area contributed by atoms with Crippen LogP contribution in [0.2, 0.25) is 0 Å². The molecule has 0 radical (unpaired) electrons. The number of aromatic nitrogens is 4. The van der Waals surface area contributed by atoms with Crippen LogP contribution in [0.3, 0.4) is 0 Å². The van der Waals surface area contributed by atoms with Crippen LogP contribution >= 0.6 is 0 Å². The van der Waals surface area contributed by atoms with Crippen LogP contribution in [0.5, 0.6) is 5.75 Å². The Balaban J connectivity index is 1.71. The number of hydrogen-bond acceptors (Lipinski definition) is 3. The van der Waals surface area contributed by atoms with E-state index in [9.17, 15) is 5.11 Å². The molecule has 0 spiro atoms. The smallest absolute Gasteiger partial charge is 0.144 e. The number of phenolic OH excluding ortho intramolecular Hbond substituents is 1. The molecular formula is C21H16N4O. The number of aryl methyl sites for hydroxylation is 1. The van der Waals surface area contributed by atoms with E-state index in [1.807, 2.05) is 78.3 Å². The molecule has 3 aromatic carbocycles. The Hall–Kier alpha value is -3.60. The Kier molecular flexibility index (Phi) is 3.09. The molecule has 26 heavy (non-hydrogen) atoms. The lowest BCUT2D eigenvalue weighted by Gasteiger charge is -2.08. The van der Waals surface area contributed by atoms with Crippen LogP contribution in [-0.2, 0) is 7.05 Å². The molecular weight excluding hydrogens is 324 g/mol. The normalized spacial score (nSPS) is 11.4. The Morgan fingerprint density at radius 3 is 2.35 bits per heavy atom. The van der Waals surface area contributed by atoms with Gasteiger partial charge in [-0.25, -0.2) is 9.97 Å². The topological polar surface area (TPSA) is 66.7 Å². The van der Waals surface area contributed by atoms with Gasteiger partial charge in [0.1, 0.15) is 17.4 Å². The van der Waals surface area contributed by atoms with Gasteiger partial charge in [-0.15, -0.1) is 0 Å². The van der Waals surface area contributed by atoms with Crippen molar-refractivity contribution in [3.63, 3.8) is 0 Å². The lowest BCUT2D eigenvalue weighted by molar-refractivity contribution is 0.478. The Morgan fingerprint density at radius 2 is 1.54 bits per heavy atom. The van der Waals surface area contributed by atoms with Crippen molar-refractivity contribution in [2.45, 2.75) is 0 Å². The molecule has 0 saturated heterocycles. The highest BCUT2D eigenvalue weighted by Crippen LogP contribution is 2.37. The molecule has 0 amide bonds. The first-order valence-corrected chi connectivity index (χ1v) is 8.41. The molecule has 2 aromatic heterocycles. The maximum atomic E-state index is 11.0. The summed E-state index contributed by atoms with van der Waals surface area (Å²) in [6.45, 7) is 0. The lowest BCUT2D eigenvalue weighted by atomic mass is 10.1. The molecule has 5 rings (SSSR count). The molecule has 0 atom stereocenters. The standard InChI is InChI=1S/C21H16N4O/c1-25-18-12-5-4-11-17(18)24-21(25)14-8-6-7-13(19(14)26)20-22-15-9-2-3-10-16(15)23-20/h2-12,26H,1H3,(H,22,23). The quantitative estimate of drug-likeness (QED) is 0.497. The number of benzene rings is 3. The molecule has 5 nitrogen and oxygen atoms in total. The number of aromatic hydroxyl groups is 1. The van der Waals surface area contributed by atoms with Gasteiger partial charge in [-0.3, -0.25) is 0 Å². The third-order valence-corrected chi connectivity index (χ3v) is 4.71. The Morgan fingerprint density at radius 1 is 0.808 bits per heavy atom. The molecule has 0 bridgehead atoms. The first-order valence-electron chi connectivity index (χ1n) is 8.41. The highest BCUT2D eigenvalue weighted by atomic mass is 16.3. The fourth-order valence-corrected chi connectivity index (χ4v) is 3.38. The van der Waals surface area contributed by atoms with Gasteiger partial charge >= 0.3 is 0 Å². The zero-order chi connectivity index (χ0) is 17.7. The Bertz CT molecular complexity index is 1230. The van der Waals surface area contributed by atoms with Gasteiger partial charge in [0.2, 0.25) is 0 Å². The third-order valence-electron chi connectivity index (χ3n) is 4.71. The average molecular weight is 340 g/mol. The van der Waals surface area contributed by atoms with Gasteiger partial charge in [0.05, 0.1) is 33.2 Å². The van der Waals surface area contributed by atoms with E-state index in [-0.39, 0.29) is 5.75 Å². The van der Waals surface area contributed by atoms with Gasteiger partial charge in [0.15, 0.2) is 0 Å². The number of nitrogens with zero attached hydrogens (tertiary/aromatic N) is 3. The molecule has 0 fully saturated rings. The number of imidazole rings is 2. The summed E-state index contributed by atoms with van der Waals surface area (Å²) in [6.07, 6.45) is 0. The summed E-state index contributed by atoms with van der Waals surface area (Å²) in [7, 11) is 1.96. The number of nitrogens with one attached hydrogen (secondary N) is 1. The number of phenols is 1. The first kappa shape index (κ1) is 14.7. The summed E-state index contributed by atoms with van der Waals surface area (Å²) >= 11 is 0. The average Bonchev–Trinajstić information content (AvgIpc) is 3.24. The number of fused-ring (bicyclic) bond motifs is 2. The van der Waals surface area contributed by atoms with E-state index in [1.165, 1.54) is 0 Å². The van der Waals surface area contributed by atoms with E-state index < -0.39 is 0 Å². The van der Waals surface area contributed by atoms with Gasteiger partial charge in [-0.05, 0) is 36.4 Å². The van der Waals surface area contributed by atoms with Crippen LogP contribution in [0.25, 0.3) is 44.8 Å². The monoisotopic (exact) mass is 340 g/mol. The highest BCUT2D eigenvalue weighted by Gasteiger charge is 2.17. The molecule has 5 aromatic rings. The molecule has 0 unspecified atom stereocenters. The van der Waals surface area contributed by atoms with Gasteiger partial charge in [0.25, 0.3) is 0 Å². The van der Waals surface area contributed by atoms with Crippen LogP contribution in [0, 0.1) is 0 Å². The van der Waals surface area contributed by atoms with Crippen molar-refractivity contribution < 1.29 is 5.11 Å². The number of para-hydroxylation sites is 5. The van der Waals surface area contributed by atoms with E-state index in [1.54, 1.807) is 0 Å². The van der Waals surface area contributed by atoms with E-state index in [2.05, 4.69) is 9.97 Å². The van der Waals surface area contributed by atoms with E-state index in [0.717, 1.165) is 27.9 Å². The largest absolute Gasteiger partial charge is 0.506 e. The van der Waals surface area contributed by atoms with Gasteiger partial charge in [-0.1, -0.05) is 30.3 Å². The summed E-state index contributed by atoms with van der Waals surface area (Å²) in [5, 5.41) is 11.0. The maximum absolute atomic E-state index is 11.0. The minimum absolute atomic E-state index is 0.171. The third kappa shape index (κ3) is 2.10. The predicted molar refractivity (Wildman–Crippen MR) is 103 cm³/mol. The van der Waals surface area contributed by atoms with Crippen LogP contribution in [0.4, 0.5) is 0 Å². The van der Waals surface area contributed by atoms with Crippen molar-refractivity contribution in [1.29, 1.82) is 0 Å². The van der Waals surface area contributed by atoms with Gasteiger partial charge < -0.3 is 14.7 Å². The summed E-state index contributed by atoms with van der Waals surface area (Å²) in [4.78, 5) is 12.6. The van der Waals surface area contributed by atoms with Crippen LogP contribution in [0.15, 0.2) is 66.7 Å². The second-order valence-electron chi connectivity index (χ2n) is 6.29. The lowest BCUT2D eigenvalue weighted by Crippen LogP contribution is -1.94. The van der Waals surface area contributed by atoms with E-state index in [4.69, 9.17) is 4.98 Å². The van der Waals surface area contributed by atoms with E-state index in [0.29, 0.717) is 17.0 Å². The predicted octanol–water partition coefficient (Wildman–Crippen LogP) is 4.49. The fourth-order valence-electron chi connectivity index (χ4n) is 3.38. The second kappa shape index (κ2) is 5.46.